The first-order chi connectivity index (χ1) is 14.0. The number of ether oxygens (including phenoxy) is 3. The first kappa shape index (κ1) is 19.1. The number of methoxy groups -OCH3 is 1. The van der Waals surface area contributed by atoms with Crippen molar-refractivity contribution in [1.82, 2.24) is 0 Å². The van der Waals surface area contributed by atoms with Gasteiger partial charge in [0.05, 0.1) is 0 Å². The van der Waals surface area contributed by atoms with Crippen LogP contribution in [0.15, 0.2) is 48.5 Å². The van der Waals surface area contributed by atoms with Gasteiger partial charge in [-0.25, -0.2) is 0 Å². The topological polar surface area (TPSA) is 68.8 Å². The second kappa shape index (κ2) is 8.01. The van der Waals surface area contributed by atoms with Crippen LogP contribution in [0.4, 0.5) is 11.4 Å². The van der Waals surface area contributed by atoms with Crippen molar-refractivity contribution in [2.75, 3.05) is 24.5 Å². The molecule has 1 aromatic heterocycles. The van der Waals surface area contributed by atoms with Crippen LogP contribution in [0.2, 0.25) is 0 Å². The number of thiophene rings is 1. The molecule has 0 atom stereocenters. The van der Waals surface area contributed by atoms with Gasteiger partial charge >= 0.3 is 173 Å². The quantitative estimate of drug-likeness (QED) is 0.613. The third-order valence-electron chi connectivity index (χ3n) is 4.48. The van der Waals surface area contributed by atoms with E-state index in [0.717, 1.165) is 27.5 Å². The molecule has 0 fully saturated rings. The summed E-state index contributed by atoms with van der Waals surface area (Å²) >= 11 is 1.37. The van der Waals surface area contributed by atoms with E-state index in [1.54, 1.807) is 31.4 Å². The first-order valence-corrected chi connectivity index (χ1v) is 9.77. The Balaban J connectivity index is 1.43. The zero-order valence-electron chi connectivity index (χ0n) is 16.1. The van der Waals surface area contributed by atoms with Crippen molar-refractivity contribution < 1.29 is 19.0 Å². The minimum atomic E-state index is -0.187. The minimum absolute atomic E-state index is 0.187. The summed E-state index contributed by atoms with van der Waals surface area (Å²) in [5.41, 5.74) is 3.36. The summed E-state index contributed by atoms with van der Waals surface area (Å²) in [5, 5.41) is 6.19. The molecule has 2 aromatic carbocycles. The molecular formula is C21H19BN2O4S. The molecule has 0 unspecified atom stereocenters. The van der Waals surface area contributed by atoms with Crippen LogP contribution in [-0.2, 0) is 0 Å². The van der Waals surface area contributed by atoms with Crippen LogP contribution in [0, 0.1) is 6.92 Å². The maximum atomic E-state index is 12.6. The molecule has 6 nitrogen and oxygen atoms in total. The van der Waals surface area contributed by atoms with Gasteiger partial charge in [-0.1, -0.05) is 0 Å². The fourth-order valence-corrected chi connectivity index (χ4v) is 3.74. The average Bonchev–Trinajstić information content (AvgIpc) is 3.38. The van der Waals surface area contributed by atoms with E-state index in [4.69, 9.17) is 14.2 Å². The van der Waals surface area contributed by atoms with Gasteiger partial charge in [-0.2, -0.15) is 0 Å². The van der Waals surface area contributed by atoms with Crippen molar-refractivity contribution in [2.24, 2.45) is 0 Å². The Labute approximate surface area is 173 Å². The number of carbonyl (C=O) groups is 1. The van der Waals surface area contributed by atoms with E-state index in [2.05, 4.69) is 18.1 Å². The van der Waals surface area contributed by atoms with Crippen molar-refractivity contribution in [3.8, 4) is 17.2 Å². The second-order valence-corrected chi connectivity index (χ2v) is 7.55. The predicted molar refractivity (Wildman–Crippen MR) is 117 cm³/mol. The van der Waals surface area contributed by atoms with Gasteiger partial charge in [0.15, 0.2) is 0 Å². The monoisotopic (exact) mass is 406 g/mol. The summed E-state index contributed by atoms with van der Waals surface area (Å²) in [5.74, 6) is 1.92. The van der Waals surface area contributed by atoms with E-state index in [1.165, 1.54) is 11.3 Å². The molecular weight excluding hydrogens is 387 g/mol. The molecule has 1 amide bonds. The molecule has 0 aliphatic carbocycles. The Morgan fingerprint density at radius 2 is 1.83 bits per heavy atom. The number of hydrogen-bond acceptors (Lipinski definition) is 6. The molecule has 0 saturated carbocycles. The molecule has 0 radical (unpaired) electrons. The normalized spacial score (nSPS) is 11.8. The van der Waals surface area contributed by atoms with E-state index in [9.17, 15) is 4.79 Å². The van der Waals surface area contributed by atoms with Crippen molar-refractivity contribution >= 4 is 41.7 Å². The number of rotatable bonds is 6. The predicted octanol–water partition coefficient (Wildman–Crippen LogP) is 3.54. The van der Waals surface area contributed by atoms with Gasteiger partial charge in [0.1, 0.15) is 0 Å². The van der Waals surface area contributed by atoms with Crippen molar-refractivity contribution in [1.29, 1.82) is 0 Å². The number of anilines is 2. The van der Waals surface area contributed by atoms with Crippen molar-refractivity contribution in [3.05, 3.63) is 63.8 Å². The Morgan fingerprint density at radius 1 is 1.03 bits per heavy atom. The Morgan fingerprint density at radius 3 is 2.62 bits per heavy atom. The van der Waals surface area contributed by atoms with Crippen LogP contribution >= 0.6 is 11.3 Å². The van der Waals surface area contributed by atoms with Gasteiger partial charge in [0.25, 0.3) is 0 Å². The van der Waals surface area contributed by atoms with Gasteiger partial charge in [-0.05, 0) is 0 Å². The van der Waals surface area contributed by atoms with Gasteiger partial charge in [0, 0.05) is 0 Å². The molecule has 29 heavy (non-hydrogen) atoms. The molecule has 2 heterocycles. The van der Waals surface area contributed by atoms with Crippen LogP contribution in [0.5, 0.6) is 17.2 Å². The van der Waals surface area contributed by atoms with Gasteiger partial charge in [-0.3, -0.25) is 0 Å². The van der Waals surface area contributed by atoms with E-state index in [0.29, 0.717) is 22.1 Å². The zero-order chi connectivity index (χ0) is 20.4. The SMILES string of the molecule is B=C(Nc1ccc(OC)cc1C)c1ccc(C(=O)Nc2ccc3c(c2)OCO3)s1. The van der Waals surface area contributed by atoms with Gasteiger partial charge in [0.2, 0.25) is 0 Å². The van der Waals surface area contributed by atoms with Crippen molar-refractivity contribution in [2.45, 2.75) is 6.92 Å². The Hall–Kier alpha value is -3.26. The summed E-state index contributed by atoms with van der Waals surface area (Å²) < 4.78 is 15.9. The summed E-state index contributed by atoms with van der Waals surface area (Å²) in [7, 11) is 5.75. The maximum absolute atomic E-state index is 12.6. The molecule has 0 saturated heterocycles. The van der Waals surface area contributed by atoms with Crippen LogP contribution < -0.4 is 24.8 Å². The molecule has 1 aliphatic rings. The zero-order valence-corrected chi connectivity index (χ0v) is 16.9. The van der Waals surface area contributed by atoms with Crippen LogP contribution in [0.25, 0.3) is 0 Å². The number of nitrogens with one attached hydrogen (secondary N) is 2. The standard InChI is InChI=1S/C21H19BN2O4S/c1-12-9-14(26-2)4-5-15(12)24-20(22)18-7-8-19(29-18)21(25)23-13-3-6-16-17(10-13)28-11-27-16/h3-10,22,24H,11H2,1-2H3,(H,23,25). The third kappa shape index (κ3) is 4.12. The molecule has 1 aliphatic heterocycles. The third-order valence-corrected chi connectivity index (χ3v) is 5.62. The molecule has 4 rings (SSSR count). The van der Waals surface area contributed by atoms with Gasteiger partial charge in [-0.15, -0.1) is 0 Å². The Kier molecular flexibility index (Phi) is 5.27. The number of hydrogen-bond donors (Lipinski definition) is 2. The number of fused-ring (bicyclic) bond motifs is 1. The molecule has 0 spiro atoms. The Bertz CT molecular complexity index is 1100. The molecule has 2 N–H and O–H groups in total. The first-order valence-electron chi connectivity index (χ1n) is 8.95. The summed E-state index contributed by atoms with van der Waals surface area (Å²) in [4.78, 5) is 14.1. The average molecular weight is 406 g/mol. The number of benzene rings is 2. The summed E-state index contributed by atoms with van der Waals surface area (Å²) in [6.07, 6.45) is 0. The van der Waals surface area contributed by atoms with Crippen molar-refractivity contribution in [3.63, 3.8) is 0 Å². The van der Waals surface area contributed by atoms with E-state index >= 15 is 0 Å². The molecule has 146 valence electrons. The fourth-order valence-electron chi connectivity index (χ4n) is 2.92. The summed E-state index contributed by atoms with van der Waals surface area (Å²) in [6, 6.07) is 14.8. The van der Waals surface area contributed by atoms with E-state index in [-0.39, 0.29) is 12.7 Å². The second-order valence-electron chi connectivity index (χ2n) is 6.47. The van der Waals surface area contributed by atoms with Gasteiger partial charge < -0.3 is 0 Å². The number of amides is 1. The number of carbonyl (C=O) groups excluding carboxylic acids is 1. The molecule has 8 heteroatoms. The van der Waals surface area contributed by atoms with Crippen LogP contribution in [-0.4, -0.2) is 32.9 Å². The number of aryl methyl sites for hydroxylation is 1. The summed E-state index contributed by atoms with van der Waals surface area (Å²) in [6.45, 7) is 2.20. The van der Waals surface area contributed by atoms with Crippen LogP contribution in [0.1, 0.15) is 20.1 Å². The molecule has 0 bridgehead atoms. The molecule has 3 aromatic rings. The van der Waals surface area contributed by atoms with E-state index in [1.807, 2.05) is 31.2 Å². The van der Waals surface area contributed by atoms with Crippen LogP contribution in [0.3, 0.4) is 0 Å². The van der Waals surface area contributed by atoms with E-state index < -0.39 is 0 Å². The fraction of sp³-hybridized carbons (Fsp3) is 0.143.